The SMILES string of the molecule is C.Cc1ncc(-c2cc(C)c(NCC(=O)N3CC(C)CC3C(=O)Nc3nc(Br)ccc3C)c(C(=N)C#N)c2)cn1. The molecular formula is C29H33BrN8O2. The first kappa shape index (κ1) is 30.4. The van der Waals surface area contributed by atoms with Crippen molar-refractivity contribution < 1.29 is 9.59 Å². The molecule has 0 spiro atoms. The first-order valence-corrected chi connectivity index (χ1v) is 13.3. The summed E-state index contributed by atoms with van der Waals surface area (Å²) in [6.07, 6.45) is 3.93. The molecular weight excluding hydrogens is 572 g/mol. The lowest BCUT2D eigenvalue weighted by Gasteiger charge is -2.25. The van der Waals surface area contributed by atoms with Crippen molar-refractivity contribution in [2.24, 2.45) is 5.92 Å². The molecule has 2 atom stereocenters. The van der Waals surface area contributed by atoms with Crippen molar-refractivity contribution in [1.82, 2.24) is 19.9 Å². The van der Waals surface area contributed by atoms with Crippen molar-refractivity contribution in [3.8, 4) is 17.2 Å². The molecule has 10 nitrogen and oxygen atoms in total. The number of aromatic nitrogens is 3. The van der Waals surface area contributed by atoms with Crippen LogP contribution in [0.1, 0.15) is 43.3 Å². The fourth-order valence-electron chi connectivity index (χ4n) is 4.65. The summed E-state index contributed by atoms with van der Waals surface area (Å²) in [7, 11) is 0. The average molecular weight is 606 g/mol. The van der Waals surface area contributed by atoms with Crippen LogP contribution < -0.4 is 10.6 Å². The summed E-state index contributed by atoms with van der Waals surface area (Å²) in [5, 5.41) is 23.7. The standard InChI is InChI=1S/C28H29BrN8O2.CH4/c1-15-7-23(28(39)36-27-16(2)5-6-24(29)35-27)37(14-15)25(38)13-34-26-17(3)8-19(9-21(26)22(31)10-30)20-11-32-18(4)33-12-20;/h5-6,8-9,11-12,15,23,31,34H,7,13-14H2,1-4H3,(H,35,36,39);1H4. The van der Waals surface area contributed by atoms with E-state index in [-0.39, 0.29) is 37.4 Å². The minimum absolute atomic E-state index is 0. The molecule has 0 saturated carbocycles. The fourth-order valence-corrected chi connectivity index (χ4v) is 4.96. The zero-order chi connectivity index (χ0) is 28.3. The zero-order valence-corrected chi connectivity index (χ0v) is 23.8. The summed E-state index contributed by atoms with van der Waals surface area (Å²) < 4.78 is 0.607. The van der Waals surface area contributed by atoms with Gasteiger partial charge in [-0.15, -0.1) is 0 Å². The third-order valence-electron chi connectivity index (χ3n) is 6.69. The van der Waals surface area contributed by atoms with E-state index in [9.17, 15) is 14.9 Å². The highest BCUT2D eigenvalue weighted by Crippen LogP contribution is 2.30. The molecule has 2 unspecified atom stereocenters. The summed E-state index contributed by atoms with van der Waals surface area (Å²) in [6.45, 7) is 7.87. The van der Waals surface area contributed by atoms with Gasteiger partial charge in [0.2, 0.25) is 11.8 Å². The maximum Gasteiger partial charge on any atom is 0.248 e. The molecule has 208 valence electrons. The molecule has 1 saturated heterocycles. The number of halogens is 1. The van der Waals surface area contributed by atoms with Crippen LogP contribution in [0, 0.1) is 43.4 Å². The Kier molecular flexibility index (Phi) is 9.71. The Morgan fingerprint density at radius 1 is 1.15 bits per heavy atom. The molecule has 4 rings (SSSR count). The second-order valence-corrected chi connectivity index (χ2v) is 10.6. The Balaban J connectivity index is 0.00000441. The number of pyridine rings is 1. The van der Waals surface area contributed by atoms with Crippen molar-refractivity contribution in [2.45, 2.75) is 47.6 Å². The molecule has 0 aliphatic carbocycles. The molecule has 1 aromatic carbocycles. The zero-order valence-electron chi connectivity index (χ0n) is 22.2. The monoisotopic (exact) mass is 604 g/mol. The van der Waals surface area contributed by atoms with E-state index in [1.54, 1.807) is 36.4 Å². The van der Waals surface area contributed by atoms with Crippen molar-refractivity contribution in [3.63, 3.8) is 0 Å². The lowest BCUT2D eigenvalue weighted by molar-refractivity contribution is -0.135. The molecule has 2 amide bonds. The lowest BCUT2D eigenvalue weighted by Crippen LogP contribution is -2.45. The number of hydrogen-bond acceptors (Lipinski definition) is 8. The van der Waals surface area contributed by atoms with Gasteiger partial charge < -0.3 is 15.5 Å². The second-order valence-electron chi connectivity index (χ2n) is 9.77. The topological polar surface area (TPSA) is 148 Å². The first-order valence-electron chi connectivity index (χ1n) is 12.5. The molecule has 3 aromatic rings. The van der Waals surface area contributed by atoms with Gasteiger partial charge in [-0.3, -0.25) is 15.0 Å². The molecule has 40 heavy (non-hydrogen) atoms. The van der Waals surface area contributed by atoms with Crippen molar-refractivity contribution >= 4 is 45.0 Å². The smallest absolute Gasteiger partial charge is 0.248 e. The van der Waals surface area contributed by atoms with Crippen LogP contribution in [0.15, 0.2) is 41.3 Å². The number of rotatable bonds is 7. The molecule has 0 bridgehead atoms. The van der Waals surface area contributed by atoms with Gasteiger partial charge in [-0.25, -0.2) is 15.0 Å². The van der Waals surface area contributed by atoms with Gasteiger partial charge in [0.25, 0.3) is 0 Å². The number of benzene rings is 1. The molecule has 0 radical (unpaired) electrons. The molecule has 1 aliphatic rings. The van der Waals surface area contributed by atoms with Gasteiger partial charge in [0.1, 0.15) is 34.1 Å². The van der Waals surface area contributed by atoms with E-state index in [1.165, 1.54) is 0 Å². The van der Waals surface area contributed by atoms with Crippen LogP contribution in [-0.2, 0) is 9.59 Å². The van der Waals surface area contributed by atoms with Crippen LogP contribution in [0.2, 0.25) is 0 Å². The van der Waals surface area contributed by atoms with Gasteiger partial charge in [0, 0.05) is 35.8 Å². The largest absolute Gasteiger partial charge is 0.375 e. The van der Waals surface area contributed by atoms with Crippen LogP contribution in [0.3, 0.4) is 0 Å². The Bertz CT molecular complexity index is 1480. The number of carbonyl (C=O) groups excluding carboxylic acids is 2. The third-order valence-corrected chi connectivity index (χ3v) is 7.13. The number of nitriles is 1. The lowest BCUT2D eigenvalue weighted by atomic mass is 9.97. The number of amides is 2. The van der Waals surface area contributed by atoms with E-state index < -0.39 is 6.04 Å². The quantitative estimate of drug-likeness (QED) is 0.252. The highest BCUT2D eigenvalue weighted by Gasteiger charge is 2.38. The predicted molar refractivity (Wildman–Crippen MR) is 159 cm³/mol. The second kappa shape index (κ2) is 12.8. The van der Waals surface area contributed by atoms with Gasteiger partial charge in [-0.2, -0.15) is 5.26 Å². The molecule has 2 aromatic heterocycles. The number of hydrogen-bond donors (Lipinski definition) is 3. The van der Waals surface area contributed by atoms with E-state index in [2.05, 4.69) is 41.5 Å². The maximum absolute atomic E-state index is 13.4. The van der Waals surface area contributed by atoms with Gasteiger partial charge in [0.15, 0.2) is 0 Å². The number of nitrogens with zero attached hydrogens (tertiary/aromatic N) is 5. The van der Waals surface area contributed by atoms with Crippen molar-refractivity contribution in [3.05, 3.63) is 63.8 Å². The first-order chi connectivity index (χ1) is 18.6. The molecule has 1 fully saturated rings. The number of nitrogens with one attached hydrogen (secondary N) is 3. The number of aryl methyl sites for hydroxylation is 3. The fraction of sp³-hybridized carbons (Fsp3) is 0.345. The van der Waals surface area contributed by atoms with Gasteiger partial charge in [-0.05, 0) is 83.9 Å². The van der Waals surface area contributed by atoms with E-state index in [1.807, 2.05) is 39.0 Å². The molecule has 11 heteroatoms. The summed E-state index contributed by atoms with van der Waals surface area (Å²) in [4.78, 5) is 40.9. The van der Waals surface area contributed by atoms with Gasteiger partial charge in [0.05, 0.1) is 6.54 Å². The summed E-state index contributed by atoms with van der Waals surface area (Å²) in [5.41, 5.74) is 3.77. The number of anilines is 2. The van der Waals surface area contributed by atoms with Crippen LogP contribution in [0.4, 0.5) is 11.5 Å². The van der Waals surface area contributed by atoms with E-state index in [4.69, 9.17) is 5.41 Å². The number of carbonyl (C=O) groups is 2. The maximum atomic E-state index is 13.4. The molecule has 1 aliphatic heterocycles. The Morgan fingerprint density at radius 2 is 1.85 bits per heavy atom. The van der Waals surface area contributed by atoms with Crippen LogP contribution >= 0.6 is 15.9 Å². The predicted octanol–water partition coefficient (Wildman–Crippen LogP) is 5.04. The average Bonchev–Trinajstić information content (AvgIpc) is 3.31. The molecule has 3 heterocycles. The minimum atomic E-state index is -0.628. The highest BCUT2D eigenvalue weighted by molar-refractivity contribution is 9.10. The molecule has 3 N–H and O–H groups in total. The van der Waals surface area contributed by atoms with Crippen LogP contribution in [0.5, 0.6) is 0 Å². The van der Waals surface area contributed by atoms with Crippen LogP contribution in [-0.4, -0.2) is 56.5 Å². The number of likely N-dealkylation sites (tertiary alicyclic amines) is 1. The van der Waals surface area contributed by atoms with Gasteiger partial charge >= 0.3 is 0 Å². The summed E-state index contributed by atoms with van der Waals surface area (Å²) in [6, 6.07) is 8.54. The third kappa shape index (κ3) is 6.69. The minimum Gasteiger partial charge on any atom is -0.375 e. The van der Waals surface area contributed by atoms with Gasteiger partial charge in [-0.1, -0.05) is 20.4 Å². The summed E-state index contributed by atoms with van der Waals surface area (Å²) in [5.74, 6) is 0.719. The highest BCUT2D eigenvalue weighted by atomic mass is 79.9. The van der Waals surface area contributed by atoms with E-state index >= 15 is 0 Å². The summed E-state index contributed by atoms with van der Waals surface area (Å²) >= 11 is 3.33. The Labute approximate surface area is 242 Å². The van der Waals surface area contributed by atoms with E-state index in [0.29, 0.717) is 40.5 Å². The van der Waals surface area contributed by atoms with Crippen molar-refractivity contribution in [1.29, 1.82) is 10.7 Å². The Hall–Kier alpha value is -4.17. The Morgan fingerprint density at radius 3 is 2.52 bits per heavy atom. The van der Waals surface area contributed by atoms with Crippen molar-refractivity contribution in [2.75, 3.05) is 23.7 Å². The van der Waals surface area contributed by atoms with E-state index in [0.717, 1.165) is 22.3 Å². The normalized spacial score (nSPS) is 16.1. The van der Waals surface area contributed by atoms with Crippen LogP contribution in [0.25, 0.3) is 11.1 Å².